The second-order valence-electron chi connectivity index (χ2n) is 4.86. The summed E-state index contributed by atoms with van der Waals surface area (Å²) < 4.78 is 0. The number of halogens is 1. The fourth-order valence-electron chi connectivity index (χ4n) is 2.22. The number of hydrogen-bond donors (Lipinski definition) is 2. The fraction of sp³-hybridized carbons (Fsp3) is 0.500. The molecule has 106 valence electrons. The first kappa shape index (κ1) is 16.6. The Morgan fingerprint density at radius 1 is 1.37 bits per heavy atom. The van der Waals surface area contributed by atoms with Gasteiger partial charge in [0, 0.05) is 10.9 Å². The summed E-state index contributed by atoms with van der Waals surface area (Å²) in [6, 6.07) is 6.31. The first-order chi connectivity index (χ1) is 8.63. The predicted octanol–water partition coefficient (Wildman–Crippen LogP) is 3.54. The van der Waals surface area contributed by atoms with Crippen LogP contribution in [0.1, 0.15) is 24.0 Å². The van der Waals surface area contributed by atoms with Crippen LogP contribution in [-0.2, 0) is 0 Å². The lowest BCUT2D eigenvalue weighted by atomic mass is 10.1. The molecule has 3 N–H and O–H groups in total. The molecular formula is C14H22IN3S. The molecule has 0 aromatic heterocycles. The zero-order valence-electron chi connectivity index (χ0n) is 11.5. The number of nitrogens with two attached hydrogens (primary N) is 1. The normalized spacial score (nSPS) is 19.1. The van der Waals surface area contributed by atoms with E-state index in [1.807, 2.05) is 11.8 Å². The summed E-state index contributed by atoms with van der Waals surface area (Å²) >= 11 is 2.01. The van der Waals surface area contributed by atoms with Crippen molar-refractivity contribution >= 4 is 47.4 Å². The molecule has 1 fully saturated rings. The molecule has 0 saturated carbocycles. The Balaban J connectivity index is 0.00000180. The average Bonchev–Trinajstić information content (AvgIpc) is 2.77. The van der Waals surface area contributed by atoms with E-state index in [-0.39, 0.29) is 24.0 Å². The Morgan fingerprint density at radius 3 is 2.63 bits per heavy atom. The molecule has 0 aliphatic carbocycles. The number of aliphatic imine (C=N–C) groups is 1. The number of thioether (sulfide) groups is 1. The first-order valence-electron chi connectivity index (χ1n) is 6.40. The van der Waals surface area contributed by atoms with Crippen LogP contribution in [0, 0.1) is 13.8 Å². The molecule has 5 heteroatoms. The highest BCUT2D eigenvalue weighted by Crippen LogP contribution is 2.26. The lowest BCUT2D eigenvalue weighted by Gasteiger charge is -2.09. The molecule has 1 aromatic carbocycles. The van der Waals surface area contributed by atoms with Gasteiger partial charge in [0.05, 0.1) is 6.54 Å². The molecule has 0 bridgehead atoms. The van der Waals surface area contributed by atoms with Crippen molar-refractivity contribution in [1.82, 2.24) is 0 Å². The van der Waals surface area contributed by atoms with Crippen molar-refractivity contribution < 1.29 is 0 Å². The topological polar surface area (TPSA) is 50.4 Å². The van der Waals surface area contributed by atoms with Crippen molar-refractivity contribution in [2.24, 2.45) is 10.7 Å². The number of hydrogen-bond acceptors (Lipinski definition) is 2. The molecule has 2 rings (SSSR count). The van der Waals surface area contributed by atoms with Crippen molar-refractivity contribution in [3.63, 3.8) is 0 Å². The maximum absolute atomic E-state index is 5.91. The minimum atomic E-state index is 0. The molecule has 1 aliphatic rings. The molecule has 0 radical (unpaired) electrons. The maximum Gasteiger partial charge on any atom is 0.193 e. The highest BCUT2D eigenvalue weighted by molar-refractivity contribution is 14.0. The molecule has 19 heavy (non-hydrogen) atoms. The zero-order valence-corrected chi connectivity index (χ0v) is 14.6. The van der Waals surface area contributed by atoms with Crippen LogP contribution in [0.3, 0.4) is 0 Å². The molecular weight excluding hydrogens is 369 g/mol. The average molecular weight is 391 g/mol. The summed E-state index contributed by atoms with van der Waals surface area (Å²) in [6.07, 6.45) is 2.58. The molecule has 1 atom stereocenters. The number of anilines is 1. The second kappa shape index (κ2) is 7.99. The summed E-state index contributed by atoms with van der Waals surface area (Å²) in [4.78, 5) is 4.42. The zero-order chi connectivity index (χ0) is 13.0. The van der Waals surface area contributed by atoms with Crippen LogP contribution in [0.4, 0.5) is 5.69 Å². The summed E-state index contributed by atoms with van der Waals surface area (Å²) in [7, 11) is 0. The van der Waals surface area contributed by atoms with Crippen molar-refractivity contribution in [2.45, 2.75) is 31.9 Å². The van der Waals surface area contributed by atoms with Crippen molar-refractivity contribution in [3.8, 4) is 0 Å². The van der Waals surface area contributed by atoms with Gasteiger partial charge in [0.2, 0.25) is 0 Å². The van der Waals surface area contributed by atoms with Gasteiger partial charge in [0.15, 0.2) is 5.96 Å². The van der Waals surface area contributed by atoms with Gasteiger partial charge in [-0.1, -0.05) is 6.07 Å². The van der Waals surface area contributed by atoms with Crippen molar-refractivity contribution in [2.75, 3.05) is 17.6 Å². The highest BCUT2D eigenvalue weighted by atomic mass is 127. The molecule has 3 nitrogen and oxygen atoms in total. The SMILES string of the molecule is Cc1cc(C)cc(NC(N)=NCC2CCCS2)c1.I. The van der Waals surface area contributed by atoms with E-state index < -0.39 is 0 Å². The van der Waals surface area contributed by atoms with E-state index in [1.54, 1.807) is 0 Å². The van der Waals surface area contributed by atoms with Crippen LogP contribution >= 0.6 is 35.7 Å². The molecule has 0 amide bonds. The van der Waals surface area contributed by atoms with Crippen molar-refractivity contribution in [3.05, 3.63) is 29.3 Å². The van der Waals surface area contributed by atoms with Crippen LogP contribution in [0.15, 0.2) is 23.2 Å². The first-order valence-corrected chi connectivity index (χ1v) is 7.45. The van der Waals surface area contributed by atoms with Crippen LogP contribution < -0.4 is 11.1 Å². The molecule has 0 spiro atoms. The summed E-state index contributed by atoms with van der Waals surface area (Å²) in [5, 5.41) is 3.82. The van der Waals surface area contributed by atoms with E-state index in [1.165, 1.54) is 29.7 Å². The summed E-state index contributed by atoms with van der Waals surface area (Å²) in [6.45, 7) is 5.00. The Bertz CT molecular complexity index is 422. The molecule has 1 aromatic rings. The van der Waals surface area contributed by atoms with Gasteiger partial charge in [0.25, 0.3) is 0 Å². The third-order valence-electron chi connectivity index (χ3n) is 2.98. The van der Waals surface area contributed by atoms with Gasteiger partial charge in [-0.25, -0.2) is 0 Å². The Labute approximate surface area is 136 Å². The lowest BCUT2D eigenvalue weighted by Crippen LogP contribution is -2.24. The van der Waals surface area contributed by atoms with Gasteiger partial charge in [-0.3, -0.25) is 4.99 Å². The number of nitrogens with zero attached hydrogens (tertiary/aromatic N) is 1. The van der Waals surface area contributed by atoms with Gasteiger partial charge < -0.3 is 11.1 Å². The van der Waals surface area contributed by atoms with E-state index in [4.69, 9.17) is 5.73 Å². The van der Waals surface area contributed by atoms with Gasteiger partial charge in [-0.15, -0.1) is 24.0 Å². The second-order valence-corrected chi connectivity index (χ2v) is 6.27. The van der Waals surface area contributed by atoms with Crippen molar-refractivity contribution in [1.29, 1.82) is 0 Å². The number of benzene rings is 1. The Kier molecular flexibility index (Phi) is 6.99. The number of guanidine groups is 1. The monoisotopic (exact) mass is 391 g/mol. The van der Waals surface area contributed by atoms with E-state index in [0.29, 0.717) is 11.2 Å². The minimum absolute atomic E-state index is 0. The fourth-order valence-corrected chi connectivity index (χ4v) is 3.40. The Hall–Kier alpha value is -0.430. The predicted molar refractivity (Wildman–Crippen MR) is 96.9 cm³/mol. The molecule has 1 aliphatic heterocycles. The number of nitrogens with one attached hydrogen (secondary N) is 1. The van der Waals surface area contributed by atoms with Crippen LogP contribution in [0.25, 0.3) is 0 Å². The number of rotatable bonds is 3. The largest absolute Gasteiger partial charge is 0.370 e. The van der Waals surface area contributed by atoms with E-state index >= 15 is 0 Å². The summed E-state index contributed by atoms with van der Waals surface area (Å²) in [5.74, 6) is 1.79. The molecule has 1 saturated heterocycles. The van der Waals surface area contributed by atoms with Gasteiger partial charge in [-0.2, -0.15) is 11.8 Å². The minimum Gasteiger partial charge on any atom is -0.370 e. The van der Waals surface area contributed by atoms with Gasteiger partial charge >= 0.3 is 0 Å². The van der Waals surface area contributed by atoms with E-state index in [9.17, 15) is 0 Å². The number of aryl methyl sites for hydroxylation is 2. The lowest BCUT2D eigenvalue weighted by molar-refractivity contribution is 0.786. The van der Waals surface area contributed by atoms with E-state index in [0.717, 1.165) is 12.2 Å². The van der Waals surface area contributed by atoms with E-state index in [2.05, 4.69) is 42.4 Å². The smallest absolute Gasteiger partial charge is 0.193 e. The standard InChI is InChI=1S/C14H21N3S.HI/c1-10-6-11(2)8-12(7-10)17-14(15)16-9-13-4-3-5-18-13;/h6-8,13H,3-5,9H2,1-2H3,(H3,15,16,17);1H. The highest BCUT2D eigenvalue weighted by Gasteiger charge is 2.14. The van der Waals surface area contributed by atoms with Gasteiger partial charge in [-0.05, 0) is 55.7 Å². The third kappa shape index (κ3) is 5.60. The maximum atomic E-state index is 5.91. The van der Waals surface area contributed by atoms with Crippen LogP contribution in [0.5, 0.6) is 0 Å². The van der Waals surface area contributed by atoms with Crippen LogP contribution in [0.2, 0.25) is 0 Å². The molecule has 1 heterocycles. The third-order valence-corrected chi connectivity index (χ3v) is 4.36. The van der Waals surface area contributed by atoms with Crippen LogP contribution in [-0.4, -0.2) is 23.5 Å². The quantitative estimate of drug-likeness (QED) is 0.471. The Morgan fingerprint density at radius 2 is 2.05 bits per heavy atom. The summed E-state index contributed by atoms with van der Waals surface area (Å²) in [5.41, 5.74) is 9.40. The van der Waals surface area contributed by atoms with Gasteiger partial charge in [0.1, 0.15) is 0 Å². The molecule has 1 unspecified atom stereocenters.